The lowest BCUT2D eigenvalue weighted by Crippen LogP contribution is -2.10. The quantitative estimate of drug-likeness (QED) is 0.0690. The van der Waals surface area contributed by atoms with Gasteiger partial charge in [0.05, 0.1) is 32.3 Å². The van der Waals surface area contributed by atoms with Crippen molar-refractivity contribution in [1.82, 2.24) is 0 Å². The lowest BCUT2D eigenvalue weighted by molar-refractivity contribution is -0.138. The summed E-state index contributed by atoms with van der Waals surface area (Å²) in [6.45, 7) is 0. The zero-order valence-electron chi connectivity index (χ0n) is 23.5. The second kappa shape index (κ2) is 15.2. The van der Waals surface area contributed by atoms with Crippen molar-refractivity contribution in [2.45, 2.75) is 22.1 Å². The molecular weight excluding hydrogens is 647 g/mol. The van der Waals surface area contributed by atoms with E-state index >= 15 is 0 Å². The number of anilines is 2. The van der Waals surface area contributed by atoms with Crippen molar-refractivity contribution in [3.8, 4) is 12.1 Å². The molecule has 6 nitrogen and oxygen atoms in total. The van der Waals surface area contributed by atoms with Crippen molar-refractivity contribution in [3.63, 3.8) is 0 Å². The van der Waals surface area contributed by atoms with Gasteiger partial charge in [-0.15, -0.1) is 0 Å². The number of hydrogen-bond donors (Lipinski definition) is 4. The molecule has 0 amide bonds. The van der Waals surface area contributed by atoms with Crippen molar-refractivity contribution in [2.24, 2.45) is 11.5 Å². The van der Waals surface area contributed by atoms with E-state index in [1.807, 2.05) is 0 Å². The number of allylic oxidation sites excluding steroid dienone is 2. The predicted molar refractivity (Wildman–Crippen MR) is 170 cm³/mol. The SMILES string of the molecule is N#C/C(=C(/N)Sc1ccc(N)cc1)c1ccccc1C(F)(F)F.N#C/C(=C(\N)Sc1ccc(N)cc1)c1ccccc1C(F)(F)F. The maximum absolute atomic E-state index is 13.1. The van der Waals surface area contributed by atoms with Crippen LogP contribution in [0.1, 0.15) is 22.3 Å². The van der Waals surface area contributed by atoms with Crippen LogP contribution < -0.4 is 22.9 Å². The van der Waals surface area contributed by atoms with E-state index in [-0.39, 0.29) is 32.3 Å². The molecule has 0 fully saturated rings. The van der Waals surface area contributed by atoms with Crippen molar-refractivity contribution in [3.05, 3.63) is 129 Å². The van der Waals surface area contributed by atoms with E-state index in [4.69, 9.17) is 22.9 Å². The molecule has 236 valence electrons. The molecule has 0 saturated heterocycles. The van der Waals surface area contributed by atoms with E-state index < -0.39 is 23.5 Å². The molecule has 0 aliphatic carbocycles. The molecule has 0 aliphatic rings. The summed E-state index contributed by atoms with van der Waals surface area (Å²) in [7, 11) is 0. The molecule has 0 heterocycles. The molecular formula is C32H24F6N6S2. The van der Waals surface area contributed by atoms with Gasteiger partial charge in [0.2, 0.25) is 0 Å². The van der Waals surface area contributed by atoms with E-state index in [9.17, 15) is 36.9 Å². The number of nitriles is 2. The first-order valence-corrected chi connectivity index (χ1v) is 14.5. The van der Waals surface area contributed by atoms with Crippen LogP contribution in [0.25, 0.3) is 11.1 Å². The summed E-state index contributed by atoms with van der Waals surface area (Å²) in [4.78, 5) is 1.35. The highest BCUT2D eigenvalue weighted by Gasteiger charge is 2.35. The summed E-state index contributed by atoms with van der Waals surface area (Å²) >= 11 is 2.02. The minimum atomic E-state index is -4.56. The van der Waals surface area contributed by atoms with Crippen molar-refractivity contribution in [1.29, 1.82) is 10.5 Å². The second-order valence-electron chi connectivity index (χ2n) is 9.13. The van der Waals surface area contributed by atoms with Gasteiger partial charge in [-0.1, -0.05) is 59.9 Å². The van der Waals surface area contributed by atoms with Gasteiger partial charge >= 0.3 is 12.4 Å². The maximum Gasteiger partial charge on any atom is 0.417 e. The number of halogens is 6. The smallest absolute Gasteiger partial charge is 0.399 e. The Morgan fingerprint density at radius 2 is 0.826 bits per heavy atom. The molecule has 0 unspecified atom stereocenters. The van der Waals surface area contributed by atoms with Gasteiger partial charge in [0.1, 0.15) is 12.1 Å². The van der Waals surface area contributed by atoms with E-state index in [1.54, 1.807) is 60.7 Å². The Morgan fingerprint density at radius 1 is 0.522 bits per heavy atom. The van der Waals surface area contributed by atoms with Gasteiger partial charge in [0.15, 0.2) is 0 Å². The summed E-state index contributed by atoms with van der Waals surface area (Å²) in [6, 6.07) is 26.6. The van der Waals surface area contributed by atoms with Gasteiger partial charge in [0, 0.05) is 32.3 Å². The molecule has 4 aromatic carbocycles. The molecule has 0 spiro atoms. The summed E-state index contributed by atoms with van der Waals surface area (Å²) in [5.41, 5.74) is 21.3. The molecule has 14 heteroatoms. The lowest BCUT2D eigenvalue weighted by atomic mass is 10.0. The van der Waals surface area contributed by atoms with Gasteiger partial charge in [0.25, 0.3) is 0 Å². The number of hydrogen-bond acceptors (Lipinski definition) is 8. The summed E-state index contributed by atoms with van der Waals surface area (Å²) in [5, 5.41) is 18.5. The van der Waals surface area contributed by atoms with Crippen LogP contribution in [0.2, 0.25) is 0 Å². The third-order valence-electron chi connectivity index (χ3n) is 5.94. The molecule has 8 N–H and O–H groups in total. The first-order chi connectivity index (χ1) is 21.6. The first-order valence-electron chi connectivity index (χ1n) is 12.8. The van der Waals surface area contributed by atoms with Crippen LogP contribution in [0.4, 0.5) is 37.7 Å². The predicted octanol–water partition coefficient (Wildman–Crippen LogP) is 8.46. The molecule has 0 aliphatic heterocycles. The van der Waals surface area contributed by atoms with E-state index in [1.165, 1.54) is 36.4 Å². The Labute approximate surface area is 269 Å². The van der Waals surface area contributed by atoms with Gasteiger partial charge in [-0.2, -0.15) is 36.9 Å². The largest absolute Gasteiger partial charge is 0.417 e. The van der Waals surface area contributed by atoms with Gasteiger partial charge in [-0.25, -0.2) is 0 Å². The molecule has 4 rings (SSSR count). The fraction of sp³-hybridized carbons (Fsp3) is 0.0625. The Hall–Kier alpha value is -5.18. The highest BCUT2D eigenvalue weighted by molar-refractivity contribution is 8.03. The van der Waals surface area contributed by atoms with Crippen molar-refractivity contribution in [2.75, 3.05) is 11.5 Å². The number of alkyl halides is 6. The number of nitrogens with zero attached hydrogens (tertiary/aromatic N) is 2. The number of nitrogens with two attached hydrogens (primary N) is 4. The normalized spacial score (nSPS) is 12.4. The van der Waals surface area contributed by atoms with Crippen LogP contribution in [-0.2, 0) is 12.4 Å². The first kappa shape index (κ1) is 35.3. The number of benzene rings is 4. The second-order valence-corrected chi connectivity index (χ2v) is 11.4. The number of nitrogen functional groups attached to an aromatic ring is 2. The Balaban J connectivity index is 0.000000250. The highest BCUT2D eigenvalue weighted by atomic mass is 32.2. The van der Waals surface area contributed by atoms with Crippen LogP contribution in [-0.4, -0.2) is 0 Å². The molecule has 4 aromatic rings. The third kappa shape index (κ3) is 9.41. The van der Waals surface area contributed by atoms with E-state index in [0.717, 1.165) is 35.7 Å². The maximum atomic E-state index is 13.1. The molecule has 0 saturated carbocycles. The fourth-order valence-corrected chi connectivity index (χ4v) is 5.39. The molecule has 0 atom stereocenters. The zero-order chi connectivity index (χ0) is 34.1. The van der Waals surface area contributed by atoms with E-state index in [2.05, 4.69) is 0 Å². The standard InChI is InChI=1S/2C16H12F3N3S/c2*17-16(18,19)14-4-2-1-3-12(14)13(9-20)15(22)23-11-7-5-10(21)6-8-11/h2*1-8H,21-22H2/b15-13+;15-13-. The highest BCUT2D eigenvalue weighted by Crippen LogP contribution is 2.39. The summed E-state index contributed by atoms with van der Waals surface area (Å²) in [6.07, 6.45) is -9.13. The Bertz CT molecular complexity index is 1680. The van der Waals surface area contributed by atoms with Crippen LogP contribution >= 0.6 is 23.5 Å². The Morgan fingerprint density at radius 3 is 1.11 bits per heavy atom. The van der Waals surface area contributed by atoms with Gasteiger partial charge in [-0.05, 0) is 60.7 Å². The van der Waals surface area contributed by atoms with Gasteiger partial charge in [-0.3, -0.25) is 0 Å². The average Bonchev–Trinajstić information content (AvgIpc) is 3.00. The Kier molecular flexibility index (Phi) is 11.7. The topological polar surface area (TPSA) is 152 Å². The summed E-state index contributed by atoms with van der Waals surface area (Å²) < 4.78 is 78.5. The third-order valence-corrected chi connectivity index (χ3v) is 7.80. The van der Waals surface area contributed by atoms with Crippen LogP contribution in [0.3, 0.4) is 0 Å². The summed E-state index contributed by atoms with van der Waals surface area (Å²) in [5.74, 6) is 0. The molecule has 0 aromatic heterocycles. The number of thioether (sulfide) groups is 2. The lowest BCUT2D eigenvalue weighted by Gasteiger charge is -2.13. The van der Waals surface area contributed by atoms with E-state index in [0.29, 0.717) is 21.2 Å². The fourth-order valence-electron chi connectivity index (χ4n) is 3.82. The zero-order valence-corrected chi connectivity index (χ0v) is 25.2. The van der Waals surface area contributed by atoms with Crippen molar-refractivity contribution < 1.29 is 26.3 Å². The van der Waals surface area contributed by atoms with Gasteiger partial charge < -0.3 is 22.9 Å². The molecule has 0 bridgehead atoms. The number of rotatable bonds is 6. The minimum absolute atomic E-state index is 0.00558. The average molecular weight is 671 g/mol. The van der Waals surface area contributed by atoms with Crippen LogP contribution in [0, 0.1) is 22.7 Å². The van der Waals surface area contributed by atoms with Crippen LogP contribution in [0.15, 0.2) is 117 Å². The molecule has 46 heavy (non-hydrogen) atoms. The molecule has 0 radical (unpaired) electrons. The minimum Gasteiger partial charge on any atom is -0.399 e. The monoisotopic (exact) mass is 670 g/mol. The van der Waals surface area contributed by atoms with Crippen molar-refractivity contribution >= 4 is 46.0 Å². The van der Waals surface area contributed by atoms with Crippen LogP contribution in [0.5, 0.6) is 0 Å².